The van der Waals surface area contributed by atoms with E-state index in [-0.39, 0.29) is 24.4 Å². The van der Waals surface area contributed by atoms with Gasteiger partial charge in [0.05, 0.1) is 22.8 Å². The molecule has 2 aliphatic heterocycles. The highest BCUT2D eigenvalue weighted by molar-refractivity contribution is 7.12. The van der Waals surface area contributed by atoms with E-state index in [9.17, 15) is 9.59 Å². The van der Waals surface area contributed by atoms with E-state index in [1.54, 1.807) is 6.20 Å². The second-order valence-electron chi connectivity index (χ2n) is 8.40. The molecule has 7 nitrogen and oxygen atoms in total. The Labute approximate surface area is 185 Å². The summed E-state index contributed by atoms with van der Waals surface area (Å²) in [6.07, 6.45) is 4.53. The molecule has 160 valence electrons. The number of pyridine rings is 1. The number of thiophene rings is 1. The zero-order valence-corrected chi connectivity index (χ0v) is 18.4. The molecule has 2 amide bonds. The smallest absolute Gasteiger partial charge is 0.264 e. The molecule has 2 aliphatic rings. The maximum Gasteiger partial charge on any atom is 0.264 e. The van der Waals surface area contributed by atoms with Crippen molar-refractivity contribution in [3.05, 3.63) is 64.7 Å². The number of carbonyl (C=O) groups is 2. The van der Waals surface area contributed by atoms with E-state index in [2.05, 4.69) is 25.8 Å². The lowest BCUT2D eigenvalue weighted by Gasteiger charge is -2.46. The molecule has 0 radical (unpaired) electrons. The van der Waals surface area contributed by atoms with Crippen molar-refractivity contribution >= 4 is 28.8 Å². The minimum atomic E-state index is -0.485. The average molecular weight is 436 g/mol. The molecule has 1 saturated heterocycles. The highest BCUT2D eigenvalue weighted by atomic mass is 32.1. The first-order valence-electron chi connectivity index (χ1n) is 10.5. The van der Waals surface area contributed by atoms with E-state index < -0.39 is 5.54 Å². The molecule has 3 aromatic heterocycles. The molecule has 1 spiro atoms. The lowest BCUT2D eigenvalue weighted by Crippen LogP contribution is -2.56. The molecule has 0 aromatic carbocycles. The average Bonchev–Trinajstić information content (AvgIpc) is 3.51. The molecule has 5 heterocycles. The van der Waals surface area contributed by atoms with Crippen LogP contribution in [0.3, 0.4) is 0 Å². The molecular formula is C23H25N5O2S. The van der Waals surface area contributed by atoms with Crippen molar-refractivity contribution in [3.8, 4) is 5.82 Å². The summed E-state index contributed by atoms with van der Waals surface area (Å²) in [4.78, 5) is 35.4. The summed E-state index contributed by atoms with van der Waals surface area (Å²) in [5.74, 6) is 0.828. The number of hydrogen-bond acceptors (Lipinski definition) is 5. The van der Waals surface area contributed by atoms with Crippen molar-refractivity contribution in [2.45, 2.75) is 31.8 Å². The zero-order chi connectivity index (χ0) is 21.6. The molecule has 1 atom stereocenters. The highest BCUT2D eigenvalue weighted by Crippen LogP contribution is 2.47. The van der Waals surface area contributed by atoms with Gasteiger partial charge >= 0.3 is 0 Å². The van der Waals surface area contributed by atoms with Crippen LogP contribution in [0.5, 0.6) is 0 Å². The number of rotatable bonds is 4. The van der Waals surface area contributed by atoms with Gasteiger partial charge in [-0.2, -0.15) is 0 Å². The van der Waals surface area contributed by atoms with Gasteiger partial charge in [-0.25, -0.2) is 4.98 Å². The third-order valence-electron chi connectivity index (χ3n) is 6.05. The van der Waals surface area contributed by atoms with Crippen molar-refractivity contribution in [1.29, 1.82) is 0 Å². The molecular weight excluding hydrogens is 410 g/mol. The van der Waals surface area contributed by atoms with Crippen LogP contribution in [0.4, 0.5) is 5.69 Å². The van der Waals surface area contributed by atoms with Gasteiger partial charge in [-0.05, 0) is 56.0 Å². The SMILES string of the molecule is CC(C)NC(=O)CN1c2cccnc2-n2cccc2C12CCN(C(=O)c1cccs1)C2. The number of anilines is 1. The summed E-state index contributed by atoms with van der Waals surface area (Å²) < 4.78 is 2.10. The fraction of sp³-hybridized carbons (Fsp3) is 0.348. The number of carbonyl (C=O) groups excluding carboxylic acids is 2. The summed E-state index contributed by atoms with van der Waals surface area (Å²) in [5.41, 5.74) is 1.49. The molecule has 3 aromatic rings. The van der Waals surface area contributed by atoms with Crippen molar-refractivity contribution in [1.82, 2.24) is 19.8 Å². The Morgan fingerprint density at radius 1 is 1.23 bits per heavy atom. The molecule has 0 saturated carbocycles. The summed E-state index contributed by atoms with van der Waals surface area (Å²) in [6, 6.07) is 11.8. The Hall–Kier alpha value is -3.13. The molecule has 0 aliphatic carbocycles. The van der Waals surface area contributed by atoms with Gasteiger partial charge in [0.25, 0.3) is 5.91 Å². The third kappa shape index (κ3) is 3.22. The Bertz CT molecular complexity index is 1120. The summed E-state index contributed by atoms with van der Waals surface area (Å²) in [7, 11) is 0. The van der Waals surface area contributed by atoms with Gasteiger partial charge in [0.1, 0.15) is 5.54 Å². The van der Waals surface area contributed by atoms with Gasteiger partial charge in [0.2, 0.25) is 5.91 Å². The maximum absolute atomic E-state index is 13.1. The van der Waals surface area contributed by atoms with Crippen LogP contribution in [0.25, 0.3) is 5.82 Å². The predicted molar refractivity (Wildman–Crippen MR) is 121 cm³/mol. The first-order chi connectivity index (χ1) is 15.0. The molecule has 0 bridgehead atoms. The van der Waals surface area contributed by atoms with Crippen molar-refractivity contribution in [3.63, 3.8) is 0 Å². The fourth-order valence-electron chi connectivity index (χ4n) is 4.80. The van der Waals surface area contributed by atoms with Crippen LogP contribution >= 0.6 is 11.3 Å². The zero-order valence-electron chi connectivity index (χ0n) is 17.6. The number of hydrogen-bond donors (Lipinski definition) is 1. The van der Waals surface area contributed by atoms with Gasteiger partial charge in [-0.1, -0.05) is 6.07 Å². The molecule has 1 fully saturated rings. The van der Waals surface area contributed by atoms with E-state index in [4.69, 9.17) is 0 Å². The van der Waals surface area contributed by atoms with E-state index in [0.717, 1.165) is 28.5 Å². The number of nitrogens with zero attached hydrogens (tertiary/aromatic N) is 4. The first-order valence-corrected chi connectivity index (χ1v) is 11.4. The summed E-state index contributed by atoms with van der Waals surface area (Å²) in [6.45, 7) is 5.29. The summed E-state index contributed by atoms with van der Waals surface area (Å²) >= 11 is 1.46. The van der Waals surface area contributed by atoms with E-state index in [1.165, 1.54) is 11.3 Å². The quantitative estimate of drug-likeness (QED) is 0.684. The standard InChI is InChI=1S/C23H25N5O2S/c1-16(2)25-20(29)14-28-17-6-3-10-24-21(17)27-11-4-8-19(27)23(28)9-12-26(15-23)22(30)18-7-5-13-31-18/h3-8,10-11,13,16H,9,12,14-15H2,1-2H3,(H,25,29). The Morgan fingerprint density at radius 2 is 2.10 bits per heavy atom. The second kappa shape index (κ2) is 7.53. The Morgan fingerprint density at radius 3 is 2.87 bits per heavy atom. The molecule has 1 unspecified atom stereocenters. The van der Waals surface area contributed by atoms with Crippen molar-refractivity contribution in [2.75, 3.05) is 24.5 Å². The van der Waals surface area contributed by atoms with Gasteiger partial charge in [0, 0.05) is 31.5 Å². The lowest BCUT2D eigenvalue weighted by atomic mass is 9.88. The van der Waals surface area contributed by atoms with Crippen LogP contribution in [-0.4, -0.2) is 51.9 Å². The maximum atomic E-state index is 13.1. The van der Waals surface area contributed by atoms with Crippen LogP contribution in [0.15, 0.2) is 54.2 Å². The van der Waals surface area contributed by atoms with E-state index in [0.29, 0.717) is 13.1 Å². The minimum absolute atomic E-state index is 0.0350. The highest BCUT2D eigenvalue weighted by Gasteiger charge is 2.51. The number of fused-ring (bicyclic) bond motifs is 4. The van der Waals surface area contributed by atoms with E-state index >= 15 is 0 Å². The predicted octanol–water partition coefficient (Wildman–Crippen LogP) is 3.02. The molecule has 1 N–H and O–H groups in total. The van der Waals surface area contributed by atoms with Crippen LogP contribution < -0.4 is 10.2 Å². The molecule has 8 heteroatoms. The molecule has 31 heavy (non-hydrogen) atoms. The van der Waals surface area contributed by atoms with Gasteiger partial charge in [-0.3, -0.25) is 9.59 Å². The number of nitrogens with one attached hydrogen (secondary N) is 1. The first kappa shape index (κ1) is 19.8. The van der Waals surface area contributed by atoms with Gasteiger partial charge in [0.15, 0.2) is 5.82 Å². The largest absolute Gasteiger partial charge is 0.352 e. The Balaban J connectivity index is 1.57. The number of amides is 2. The second-order valence-corrected chi connectivity index (χ2v) is 9.35. The van der Waals surface area contributed by atoms with Crippen LogP contribution in [0.1, 0.15) is 35.6 Å². The fourth-order valence-corrected chi connectivity index (χ4v) is 5.49. The normalized spacial score (nSPS) is 19.6. The van der Waals surface area contributed by atoms with Crippen LogP contribution in [0.2, 0.25) is 0 Å². The number of aromatic nitrogens is 2. The van der Waals surface area contributed by atoms with Crippen LogP contribution in [0, 0.1) is 0 Å². The summed E-state index contributed by atoms with van der Waals surface area (Å²) in [5, 5.41) is 4.94. The Kier molecular flexibility index (Phi) is 4.81. The van der Waals surface area contributed by atoms with Gasteiger partial charge in [-0.15, -0.1) is 11.3 Å². The van der Waals surface area contributed by atoms with E-state index in [1.807, 2.05) is 60.7 Å². The van der Waals surface area contributed by atoms with Gasteiger partial charge < -0.3 is 19.7 Å². The van der Waals surface area contributed by atoms with Crippen molar-refractivity contribution < 1.29 is 9.59 Å². The number of likely N-dealkylation sites (tertiary alicyclic amines) is 1. The van der Waals surface area contributed by atoms with Crippen molar-refractivity contribution in [2.24, 2.45) is 0 Å². The lowest BCUT2D eigenvalue weighted by molar-refractivity contribution is -0.120. The minimum Gasteiger partial charge on any atom is -0.352 e. The van der Waals surface area contributed by atoms with Crippen LogP contribution in [-0.2, 0) is 10.3 Å². The monoisotopic (exact) mass is 435 g/mol. The third-order valence-corrected chi connectivity index (χ3v) is 6.90. The topological polar surface area (TPSA) is 70.5 Å². The molecule has 5 rings (SSSR count).